The number of para-hydroxylation sites is 1. The number of H-pyrrole nitrogens is 1. The molecule has 1 aromatic carbocycles. The summed E-state index contributed by atoms with van der Waals surface area (Å²) in [7, 11) is -4.29. The molecule has 1 unspecified atom stereocenters. The molecule has 4 rings (SSSR count). The van der Waals surface area contributed by atoms with Crippen LogP contribution in [-0.2, 0) is 23.4 Å². The van der Waals surface area contributed by atoms with Crippen molar-refractivity contribution in [3.63, 3.8) is 0 Å². The summed E-state index contributed by atoms with van der Waals surface area (Å²) in [5.74, 6) is 1.91. The number of rotatable bonds is 10. The highest BCUT2D eigenvalue weighted by atomic mass is 35.5. The largest absolute Gasteiger partial charge is 0.462 e. The zero-order chi connectivity index (χ0) is 29.9. The highest BCUT2D eigenvalue weighted by molar-refractivity contribution is 7.52. The van der Waals surface area contributed by atoms with E-state index >= 15 is 0 Å². The first-order valence-electron chi connectivity index (χ1n) is 12.5. The SMILES string of the molecule is CC(C)OC(=O)[C@H](C)NP(=O)(OC[C@H]1O[C@@H](n2ccc3c(=O)[nH]c(N)nc32)[C@@](N)(C#CCl)[C@H]1O)Oc1ccccc1. The van der Waals surface area contributed by atoms with E-state index in [9.17, 15) is 19.3 Å². The van der Waals surface area contributed by atoms with Gasteiger partial charge in [-0.15, -0.1) is 0 Å². The second kappa shape index (κ2) is 12.2. The van der Waals surface area contributed by atoms with Gasteiger partial charge in [0, 0.05) is 11.6 Å². The zero-order valence-corrected chi connectivity index (χ0v) is 24.0. The number of benzene rings is 1. The van der Waals surface area contributed by atoms with E-state index in [4.69, 9.17) is 41.6 Å². The number of aromatic nitrogens is 3. The number of ether oxygens (including phenoxy) is 2. The quantitative estimate of drug-likeness (QED) is 0.126. The molecule has 3 heterocycles. The van der Waals surface area contributed by atoms with Gasteiger partial charge in [-0.3, -0.25) is 19.1 Å². The van der Waals surface area contributed by atoms with E-state index in [2.05, 4.69) is 26.4 Å². The minimum atomic E-state index is -4.29. The van der Waals surface area contributed by atoms with Crippen molar-refractivity contribution < 1.29 is 33.0 Å². The van der Waals surface area contributed by atoms with Crippen molar-refractivity contribution in [3.8, 4) is 17.0 Å². The van der Waals surface area contributed by atoms with Gasteiger partial charge in [0.05, 0.1) is 18.1 Å². The molecule has 0 saturated carbocycles. The fourth-order valence-electron chi connectivity index (χ4n) is 4.21. The zero-order valence-electron chi connectivity index (χ0n) is 22.3. The third kappa shape index (κ3) is 6.58. The van der Waals surface area contributed by atoms with Gasteiger partial charge >= 0.3 is 13.7 Å². The molecule has 1 fully saturated rings. The van der Waals surface area contributed by atoms with Gasteiger partial charge in [-0.2, -0.15) is 10.1 Å². The molecule has 41 heavy (non-hydrogen) atoms. The Morgan fingerprint density at radius 3 is 2.71 bits per heavy atom. The number of anilines is 1. The molecule has 1 saturated heterocycles. The number of aromatic amines is 1. The fraction of sp³-hybridized carbons (Fsp3) is 0.400. The van der Waals surface area contributed by atoms with Crippen LogP contribution in [0.1, 0.15) is 27.0 Å². The highest BCUT2D eigenvalue weighted by Crippen LogP contribution is 2.47. The summed E-state index contributed by atoms with van der Waals surface area (Å²) >= 11 is 5.69. The molecule has 6 atom stereocenters. The Morgan fingerprint density at radius 1 is 1.34 bits per heavy atom. The number of carbonyl (C=O) groups is 1. The Bertz CT molecular complexity index is 1570. The van der Waals surface area contributed by atoms with E-state index < -0.39 is 62.0 Å². The van der Waals surface area contributed by atoms with Crippen LogP contribution in [-0.4, -0.2) is 62.1 Å². The number of hydrogen-bond donors (Lipinski definition) is 5. The first kappa shape index (κ1) is 30.5. The number of nitrogens with two attached hydrogens (primary N) is 2. The molecule has 0 bridgehead atoms. The van der Waals surface area contributed by atoms with Crippen molar-refractivity contribution in [1.29, 1.82) is 0 Å². The molecular formula is C25H30ClN6O8P. The second-order valence-electron chi connectivity index (χ2n) is 9.57. The summed E-state index contributed by atoms with van der Waals surface area (Å²) in [5, 5.41) is 16.1. The lowest BCUT2D eigenvalue weighted by molar-refractivity contribution is -0.149. The third-order valence-corrected chi connectivity index (χ3v) is 7.84. The first-order chi connectivity index (χ1) is 19.4. The number of halogens is 1. The molecule has 0 radical (unpaired) electrons. The normalized spacial score (nSPS) is 24.4. The van der Waals surface area contributed by atoms with E-state index in [1.165, 1.54) is 23.8 Å². The number of hydrogen-bond acceptors (Lipinski definition) is 11. The minimum absolute atomic E-state index is 0.119. The van der Waals surface area contributed by atoms with Crippen LogP contribution in [0.3, 0.4) is 0 Å². The van der Waals surface area contributed by atoms with Crippen LogP contribution >= 0.6 is 19.3 Å². The predicted octanol–water partition coefficient (Wildman–Crippen LogP) is 1.60. The Balaban J connectivity index is 1.62. The van der Waals surface area contributed by atoms with E-state index in [0.717, 1.165) is 0 Å². The maximum atomic E-state index is 13.8. The van der Waals surface area contributed by atoms with Gasteiger partial charge in [0.2, 0.25) is 5.95 Å². The van der Waals surface area contributed by atoms with Crippen LogP contribution in [0, 0.1) is 11.3 Å². The van der Waals surface area contributed by atoms with Crippen LogP contribution < -0.4 is 26.6 Å². The fourth-order valence-corrected chi connectivity index (χ4v) is 5.87. The van der Waals surface area contributed by atoms with E-state index in [0.29, 0.717) is 0 Å². The summed E-state index contributed by atoms with van der Waals surface area (Å²) in [6.07, 6.45) is -2.94. The van der Waals surface area contributed by atoms with Gasteiger partial charge < -0.3 is 35.1 Å². The number of fused-ring (bicyclic) bond motifs is 1. The summed E-state index contributed by atoms with van der Waals surface area (Å²) in [4.78, 5) is 31.3. The molecule has 2 aromatic heterocycles. The Kier molecular flexibility index (Phi) is 9.10. The first-order valence-corrected chi connectivity index (χ1v) is 14.4. The number of esters is 1. The van der Waals surface area contributed by atoms with Gasteiger partial charge in [-0.25, -0.2) is 4.57 Å². The summed E-state index contributed by atoms with van der Waals surface area (Å²) in [6.45, 7) is 4.25. The van der Waals surface area contributed by atoms with Crippen LogP contribution in [0.25, 0.3) is 11.0 Å². The van der Waals surface area contributed by atoms with E-state index in [-0.39, 0.29) is 22.7 Å². The summed E-state index contributed by atoms with van der Waals surface area (Å²) in [5.41, 5.74) is 10.0. The molecule has 16 heteroatoms. The average Bonchev–Trinajstić information content (AvgIpc) is 3.42. The van der Waals surface area contributed by atoms with Crippen LogP contribution in [0.5, 0.6) is 5.75 Å². The molecule has 1 aliphatic rings. The van der Waals surface area contributed by atoms with Crippen LogP contribution in [0.4, 0.5) is 5.95 Å². The van der Waals surface area contributed by atoms with Gasteiger partial charge in [-0.1, -0.05) is 24.1 Å². The number of aliphatic hydroxyl groups excluding tert-OH is 1. The van der Waals surface area contributed by atoms with E-state index in [1.54, 1.807) is 44.2 Å². The average molecular weight is 609 g/mol. The summed E-state index contributed by atoms with van der Waals surface area (Å²) < 4.78 is 37.8. The van der Waals surface area contributed by atoms with Crippen LogP contribution in [0.15, 0.2) is 47.4 Å². The van der Waals surface area contributed by atoms with Crippen molar-refractivity contribution in [2.75, 3.05) is 12.3 Å². The highest BCUT2D eigenvalue weighted by Gasteiger charge is 2.55. The smallest absolute Gasteiger partial charge is 0.459 e. The second-order valence-corrected chi connectivity index (χ2v) is 11.5. The third-order valence-electron chi connectivity index (χ3n) is 6.10. The Hall–Kier alpha value is -3.41. The van der Waals surface area contributed by atoms with Gasteiger partial charge in [0.1, 0.15) is 24.0 Å². The minimum Gasteiger partial charge on any atom is -0.462 e. The molecule has 7 N–H and O–H groups in total. The monoisotopic (exact) mass is 608 g/mol. The molecule has 14 nitrogen and oxygen atoms in total. The molecule has 3 aromatic rings. The maximum Gasteiger partial charge on any atom is 0.459 e. The molecule has 220 valence electrons. The maximum absolute atomic E-state index is 13.8. The molecule has 0 aliphatic carbocycles. The lowest BCUT2D eigenvalue weighted by Crippen LogP contribution is -2.53. The van der Waals surface area contributed by atoms with E-state index in [1.807, 2.05) is 0 Å². The number of carbonyl (C=O) groups excluding carboxylic acids is 1. The van der Waals surface area contributed by atoms with Gasteiger partial charge in [0.25, 0.3) is 5.56 Å². The number of nitrogens with one attached hydrogen (secondary N) is 2. The lowest BCUT2D eigenvalue weighted by atomic mass is 9.92. The van der Waals surface area contributed by atoms with Gasteiger partial charge in [-0.05, 0) is 50.6 Å². The van der Waals surface area contributed by atoms with Crippen LogP contribution in [0.2, 0.25) is 0 Å². The molecular weight excluding hydrogens is 579 g/mol. The van der Waals surface area contributed by atoms with Crippen molar-refractivity contribution in [2.24, 2.45) is 5.73 Å². The Labute approximate surface area is 239 Å². The van der Waals surface area contributed by atoms with Gasteiger partial charge in [0.15, 0.2) is 17.4 Å². The topological polar surface area (TPSA) is 206 Å². The van der Waals surface area contributed by atoms with Crippen molar-refractivity contribution in [2.45, 2.75) is 56.9 Å². The van der Waals surface area contributed by atoms with Crippen molar-refractivity contribution in [1.82, 2.24) is 19.6 Å². The summed E-state index contributed by atoms with van der Waals surface area (Å²) in [6, 6.07) is 8.52. The standard InChI is InChI=1S/C25H30ClN6O8P/c1-14(2)38-22(35)15(3)31-41(36,40-16-7-5-4-6-8-16)37-13-18-19(33)25(28,10-11-26)23(39-18)32-12-9-17-20(32)29-24(27)30-21(17)34/h4-9,12,14-15,18-19,23,33H,13,28H2,1-3H3,(H,31,36)(H3,27,29,30,34)/t15-,18+,19-,23+,25+,41?/m0/s1. The number of nitrogens with zero attached hydrogens (tertiary/aromatic N) is 2. The number of nitrogen functional groups attached to an aromatic ring is 1. The number of aliphatic hydroxyl groups is 1. The molecule has 0 spiro atoms. The lowest BCUT2D eigenvalue weighted by Gasteiger charge is -2.28. The predicted molar refractivity (Wildman–Crippen MR) is 150 cm³/mol. The van der Waals surface area contributed by atoms with Crippen molar-refractivity contribution in [3.05, 3.63) is 52.9 Å². The Morgan fingerprint density at radius 2 is 2.05 bits per heavy atom. The molecule has 0 amide bonds. The molecule has 1 aliphatic heterocycles. The van der Waals surface area contributed by atoms with Crippen molar-refractivity contribution >= 4 is 42.3 Å².